The Morgan fingerprint density at radius 3 is 2.92 bits per heavy atom. The van der Waals surface area contributed by atoms with Crippen molar-refractivity contribution in [2.45, 2.75) is 13.3 Å². The topological polar surface area (TPSA) is 38.9 Å². The SMILES string of the molecule is Cc1nc(N)ccc1C#CCCS. The maximum atomic E-state index is 5.51. The van der Waals surface area contributed by atoms with Crippen molar-refractivity contribution in [2.24, 2.45) is 0 Å². The number of thiol groups is 1. The first-order valence-corrected chi connectivity index (χ1v) is 4.70. The first-order valence-electron chi connectivity index (χ1n) is 4.07. The average Bonchev–Trinajstić information content (AvgIpc) is 2.09. The average molecular weight is 192 g/mol. The first-order chi connectivity index (χ1) is 6.24. The van der Waals surface area contributed by atoms with E-state index < -0.39 is 0 Å². The second-order valence-corrected chi connectivity index (χ2v) is 3.09. The number of pyridine rings is 1. The van der Waals surface area contributed by atoms with Crippen LogP contribution in [0.25, 0.3) is 0 Å². The number of hydrogen-bond donors (Lipinski definition) is 2. The van der Waals surface area contributed by atoms with Crippen LogP contribution in [0.5, 0.6) is 0 Å². The van der Waals surface area contributed by atoms with E-state index >= 15 is 0 Å². The highest BCUT2D eigenvalue weighted by atomic mass is 32.1. The van der Waals surface area contributed by atoms with Gasteiger partial charge < -0.3 is 5.73 Å². The van der Waals surface area contributed by atoms with Gasteiger partial charge in [-0.1, -0.05) is 11.8 Å². The van der Waals surface area contributed by atoms with E-state index in [0.717, 1.165) is 23.4 Å². The van der Waals surface area contributed by atoms with E-state index in [2.05, 4.69) is 29.5 Å². The quantitative estimate of drug-likeness (QED) is 0.524. The van der Waals surface area contributed by atoms with Crippen LogP contribution >= 0.6 is 12.6 Å². The summed E-state index contributed by atoms with van der Waals surface area (Å²) in [4.78, 5) is 4.11. The molecule has 0 aromatic carbocycles. The number of anilines is 1. The molecule has 0 aliphatic carbocycles. The zero-order chi connectivity index (χ0) is 9.68. The van der Waals surface area contributed by atoms with Crippen molar-refractivity contribution >= 4 is 18.4 Å². The molecule has 0 saturated heterocycles. The summed E-state index contributed by atoms with van der Waals surface area (Å²) < 4.78 is 0. The highest BCUT2D eigenvalue weighted by molar-refractivity contribution is 7.80. The maximum absolute atomic E-state index is 5.51. The summed E-state index contributed by atoms with van der Waals surface area (Å²) >= 11 is 4.07. The summed E-state index contributed by atoms with van der Waals surface area (Å²) in [5, 5.41) is 0. The Bertz CT molecular complexity index is 350. The van der Waals surface area contributed by atoms with Crippen molar-refractivity contribution in [3.63, 3.8) is 0 Å². The Balaban J connectivity index is 2.85. The fourth-order valence-electron chi connectivity index (χ4n) is 0.926. The molecule has 1 aromatic heterocycles. The van der Waals surface area contributed by atoms with Gasteiger partial charge in [-0.15, -0.1) is 0 Å². The first kappa shape index (κ1) is 9.94. The van der Waals surface area contributed by atoms with Gasteiger partial charge in [0.1, 0.15) is 5.82 Å². The molecule has 1 heterocycles. The van der Waals surface area contributed by atoms with E-state index in [1.54, 1.807) is 6.07 Å². The van der Waals surface area contributed by atoms with Gasteiger partial charge in [0.05, 0.1) is 5.69 Å². The monoisotopic (exact) mass is 192 g/mol. The van der Waals surface area contributed by atoms with Crippen LogP contribution in [0.15, 0.2) is 12.1 Å². The molecule has 0 radical (unpaired) electrons. The van der Waals surface area contributed by atoms with Crippen LogP contribution in [0.1, 0.15) is 17.7 Å². The number of nitrogens with two attached hydrogens (primary N) is 1. The predicted molar refractivity (Wildman–Crippen MR) is 58.7 cm³/mol. The Labute approximate surface area is 84.0 Å². The lowest BCUT2D eigenvalue weighted by molar-refractivity contribution is 1.19. The van der Waals surface area contributed by atoms with Gasteiger partial charge in [0.25, 0.3) is 0 Å². The molecule has 0 bridgehead atoms. The van der Waals surface area contributed by atoms with Crippen LogP contribution in [0, 0.1) is 18.8 Å². The second kappa shape index (κ2) is 4.78. The fourth-order valence-corrected chi connectivity index (χ4v) is 1.04. The Kier molecular flexibility index (Phi) is 3.66. The van der Waals surface area contributed by atoms with E-state index in [-0.39, 0.29) is 0 Å². The van der Waals surface area contributed by atoms with E-state index in [4.69, 9.17) is 5.73 Å². The van der Waals surface area contributed by atoms with Gasteiger partial charge in [-0.25, -0.2) is 4.98 Å². The van der Waals surface area contributed by atoms with E-state index in [9.17, 15) is 0 Å². The van der Waals surface area contributed by atoms with Crippen LogP contribution < -0.4 is 5.73 Å². The predicted octanol–water partition coefficient (Wildman–Crippen LogP) is 1.64. The zero-order valence-corrected chi connectivity index (χ0v) is 8.44. The summed E-state index contributed by atoms with van der Waals surface area (Å²) in [5.41, 5.74) is 7.33. The third-order valence-electron chi connectivity index (χ3n) is 1.57. The third kappa shape index (κ3) is 3.00. The van der Waals surface area contributed by atoms with Crippen LogP contribution in [-0.4, -0.2) is 10.7 Å². The summed E-state index contributed by atoms with van der Waals surface area (Å²) in [7, 11) is 0. The number of hydrogen-bond acceptors (Lipinski definition) is 3. The van der Waals surface area contributed by atoms with E-state index in [0.29, 0.717) is 5.82 Å². The van der Waals surface area contributed by atoms with Crippen LogP contribution in [-0.2, 0) is 0 Å². The number of aromatic nitrogens is 1. The highest BCUT2D eigenvalue weighted by Crippen LogP contribution is 2.05. The van der Waals surface area contributed by atoms with Crippen molar-refractivity contribution in [3.8, 4) is 11.8 Å². The number of nitrogen functional groups attached to an aromatic ring is 1. The van der Waals surface area contributed by atoms with Crippen molar-refractivity contribution in [3.05, 3.63) is 23.4 Å². The number of nitrogens with zero attached hydrogens (tertiary/aromatic N) is 1. The van der Waals surface area contributed by atoms with Crippen LogP contribution in [0.4, 0.5) is 5.82 Å². The minimum atomic E-state index is 0.539. The number of aryl methyl sites for hydroxylation is 1. The molecule has 13 heavy (non-hydrogen) atoms. The minimum absolute atomic E-state index is 0.539. The molecular formula is C10H12N2S. The van der Waals surface area contributed by atoms with Gasteiger partial charge >= 0.3 is 0 Å². The van der Waals surface area contributed by atoms with Gasteiger partial charge in [-0.3, -0.25) is 0 Å². The van der Waals surface area contributed by atoms with Gasteiger partial charge in [-0.05, 0) is 19.1 Å². The molecule has 2 nitrogen and oxygen atoms in total. The van der Waals surface area contributed by atoms with Crippen molar-refractivity contribution in [1.29, 1.82) is 0 Å². The molecule has 0 fully saturated rings. The fraction of sp³-hybridized carbons (Fsp3) is 0.300. The lowest BCUT2D eigenvalue weighted by Gasteiger charge is -1.97. The smallest absolute Gasteiger partial charge is 0.123 e. The molecule has 0 saturated carbocycles. The van der Waals surface area contributed by atoms with Gasteiger partial charge in [0.15, 0.2) is 0 Å². The molecule has 3 heteroatoms. The molecule has 68 valence electrons. The molecule has 0 unspecified atom stereocenters. The number of rotatable bonds is 1. The van der Waals surface area contributed by atoms with Gasteiger partial charge in [0.2, 0.25) is 0 Å². The highest BCUT2D eigenvalue weighted by Gasteiger charge is 1.95. The molecular weight excluding hydrogens is 180 g/mol. The van der Waals surface area contributed by atoms with Crippen molar-refractivity contribution < 1.29 is 0 Å². The Morgan fingerprint density at radius 2 is 2.31 bits per heavy atom. The Hall–Kier alpha value is -1.14. The lowest BCUT2D eigenvalue weighted by atomic mass is 10.2. The van der Waals surface area contributed by atoms with Crippen molar-refractivity contribution in [1.82, 2.24) is 4.98 Å². The molecule has 0 spiro atoms. The maximum Gasteiger partial charge on any atom is 0.123 e. The van der Waals surface area contributed by atoms with Crippen molar-refractivity contribution in [2.75, 3.05) is 11.5 Å². The standard InChI is InChI=1S/C10H12N2S/c1-8-9(4-2-3-7-13)5-6-10(11)12-8/h5-6,13H,3,7H2,1H3,(H2,11,12). The second-order valence-electron chi connectivity index (χ2n) is 2.64. The summed E-state index contributed by atoms with van der Waals surface area (Å²) in [6, 6.07) is 3.65. The van der Waals surface area contributed by atoms with Gasteiger partial charge in [-0.2, -0.15) is 12.6 Å². The van der Waals surface area contributed by atoms with Gasteiger partial charge in [0, 0.05) is 17.7 Å². The van der Waals surface area contributed by atoms with E-state index in [1.165, 1.54) is 0 Å². The summed E-state index contributed by atoms with van der Waals surface area (Å²) in [6.45, 7) is 1.90. The van der Waals surface area contributed by atoms with Crippen LogP contribution in [0.2, 0.25) is 0 Å². The van der Waals surface area contributed by atoms with E-state index in [1.807, 2.05) is 13.0 Å². The molecule has 2 N–H and O–H groups in total. The summed E-state index contributed by atoms with van der Waals surface area (Å²) in [5.74, 6) is 7.35. The summed E-state index contributed by atoms with van der Waals surface area (Å²) in [6.07, 6.45) is 0.799. The molecule has 1 aromatic rings. The van der Waals surface area contributed by atoms with Crippen LogP contribution in [0.3, 0.4) is 0 Å². The third-order valence-corrected chi connectivity index (χ3v) is 1.79. The normalized spacial score (nSPS) is 9.08. The Morgan fingerprint density at radius 1 is 1.54 bits per heavy atom. The lowest BCUT2D eigenvalue weighted by Crippen LogP contribution is -1.94. The minimum Gasteiger partial charge on any atom is -0.384 e. The molecule has 0 aliphatic rings. The molecule has 1 rings (SSSR count). The molecule has 0 amide bonds. The zero-order valence-electron chi connectivity index (χ0n) is 7.54. The molecule has 0 aliphatic heterocycles. The largest absolute Gasteiger partial charge is 0.384 e. The molecule has 0 atom stereocenters.